The lowest BCUT2D eigenvalue weighted by Crippen LogP contribution is -2.34. The van der Waals surface area contributed by atoms with E-state index in [1.54, 1.807) is 0 Å². The summed E-state index contributed by atoms with van der Waals surface area (Å²) in [6.07, 6.45) is 4.13. The van der Waals surface area contributed by atoms with Crippen molar-refractivity contribution < 1.29 is 0 Å². The van der Waals surface area contributed by atoms with E-state index in [0.717, 1.165) is 12.6 Å². The Morgan fingerprint density at radius 2 is 1.75 bits per heavy atom. The van der Waals surface area contributed by atoms with Crippen molar-refractivity contribution >= 4 is 0 Å². The molecule has 0 amide bonds. The molecular weight excluding hydrogens is 194 g/mol. The van der Waals surface area contributed by atoms with Gasteiger partial charge in [0.1, 0.15) is 0 Å². The van der Waals surface area contributed by atoms with Crippen LogP contribution in [0, 0.1) is 0 Å². The van der Waals surface area contributed by atoms with Gasteiger partial charge in [-0.15, -0.1) is 0 Å². The molecule has 1 aromatic carbocycles. The van der Waals surface area contributed by atoms with Crippen molar-refractivity contribution in [1.29, 1.82) is 0 Å². The monoisotopic (exact) mass is 217 g/mol. The van der Waals surface area contributed by atoms with Crippen LogP contribution in [-0.4, -0.2) is 6.04 Å². The van der Waals surface area contributed by atoms with E-state index >= 15 is 0 Å². The summed E-state index contributed by atoms with van der Waals surface area (Å²) in [5, 5.41) is 3.59. The normalized spacial score (nSPS) is 17.2. The Labute approximate surface area is 99.3 Å². The topological polar surface area (TPSA) is 12.0 Å². The van der Waals surface area contributed by atoms with Crippen LogP contribution in [0.3, 0.4) is 0 Å². The lowest BCUT2D eigenvalue weighted by Gasteiger charge is -2.26. The maximum absolute atomic E-state index is 3.59. The average Bonchev–Trinajstić information content (AvgIpc) is 2.15. The average molecular weight is 217 g/mol. The van der Waals surface area contributed by atoms with Gasteiger partial charge in [0.15, 0.2) is 0 Å². The van der Waals surface area contributed by atoms with E-state index in [0.29, 0.717) is 0 Å². The highest BCUT2D eigenvalue weighted by atomic mass is 14.9. The third kappa shape index (κ3) is 2.85. The number of hydrogen-bond acceptors (Lipinski definition) is 1. The van der Waals surface area contributed by atoms with Crippen LogP contribution in [0.1, 0.15) is 51.2 Å². The Bertz CT molecular complexity index is 327. The van der Waals surface area contributed by atoms with Crippen LogP contribution in [0.25, 0.3) is 0 Å². The molecule has 1 saturated carbocycles. The molecule has 88 valence electrons. The van der Waals surface area contributed by atoms with E-state index in [1.165, 1.54) is 30.4 Å². The van der Waals surface area contributed by atoms with Gasteiger partial charge in [0.25, 0.3) is 0 Å². The van der Waals surface area contributed by atoms with E-state index in [2.05, 4.69) is 50.4 Å². The van der Waals surface area contributed by atoms with Gasteiger partial charge in [0.2, 0.25) is 0 Å². The molecular formula is C15H23N. The second kappa shape index (κ2) is 4.58. The second-order valence-electron chi connectivity index (χ2n) is 5.96. The number of benzene rings is 1. The first kappa shape index (κ1) is 11.7. The fourth-order valence-corrected chi connectivity index (χ4v) is 2.00. The first-order valence-electron chi connectivity index (χ1n) is 6.38. The zero-order valence-electron chi connectivity index (χ0n) is 10.7. The van der Waals surface area contributed by atoms with Gasteiger partial charge in [-0.2, -0.15) is 0 Å². The maximum Gasteiger partial charge on any atom is 0.0208 e. The Morgan fingerprint density at radius 1 is 1.12 bits per heavy atom. The third-order valence-corrected chi connectivity index (χ3v) is 3.52. The predicted molar refractivity (Wildman–Crippen MR) is 69.6 cm³/mol. The predicted octanol–water partition coefficient (Wildman–Crippen LogP) is 3.63. The summed E-state index contributed by atoms with van der Waals surface area (Å²) in [5.41, 5.74) is 3.08. The van der Waals surface area contributed by atoms with Crippen molar-refractivity contribution in [2.75, 3.05) is 0 Å². The summed E-state index contributed by atoms with van der Waals surface area (Å²) in [6, 6.07) is 9.82. The molecule has 0 radical (unpaired) electrons. The van der Waals surface area contributed by atoms with Gasteiger partial charge in [-0.1, -0.05) is 51.5 Å². The van der Waals surface area contributed by atoms with Gasteiger partial charge in [-0.25, -0.2) is 0 Å². The van der Waals surface area contributed by atoms with E-state index in [-0.39, 0.29) is 5.41 Å². The van der Waals surface area contributed by atoms with Gasteiger partial charge in [0.05, 0.1) is 0 Å². The molecule has 1 aliphatic carbocycles. The van der Waals surface area contributed by atoms with Crippen molar-refractivity contribution in [3.05, 3.63) is 35.4 Å². The third-order valence-electron chi connectivity index (χ3n) is 3.52. The molecule has 0 bridgehead atoms. The van der Waals surface area contributed by atoms with Gasteiger partial charge < -0.3 is 5.32 Å². The Hall–Kier alpha value is -0.820. The minimum Gasteiger partial charge on any atom is -0.310 e. The fourth-order valence-electron chi connectivity index (χ4n) is 2.00. The minimum absolute atomic E-state index is 0.264. The quantitative estimate of drug-likeness (QED) is 0.815. The van der Waals surface area contributed by atoms with Crippen LogP contribution in [0.4, 0.5) is 0 Å². The highest BCUT2D eigenvalue weighted by molar-refractivity contribution is 5.27. The molecule has 0 aromatic heterocycles. The fraction of sp³-hybridized carbons (Fsp3) is 0.600. The van der Waals surface area contributed by atoms with E-state index in [1.807, 2.05) is 0 Å². The summed E-state index contributed by atoms with van der Waals surface area (Å²) < 4.78 is 0. The molecule has 0 atom stereocenters. The van der Waals surface area contributed by atoms with Crippen LogP contribution in [0.2, 0.25) is 0 Å². The molecule has 0 unspecified atom stereocenters. The van der Waals surface area contributed by atoms with Crippen molar-refractivity contribution in [2.45, 2.75) is 58.0 Å². The molecule has 0 aliphatic heterocycles. The van der Waals surface area contributed by atoms with Gasteiger partial charge >= 0.3 is 0 Å². The second-order valence-corrected chi connectivity index (χ2v) is 5.96. The Morgan fingerprint density at radius 3 is 2.19 bits per heavy atom. The molecule has 1 heteroatoms. The van der Waals surface area contributed by atoms with E-state index in [9.17, 15) is 0 Å². The lowest BCUT2D eigenvalue weighted by atomic mass is 9.86. The van der Waals surface area contributed by atoms with Gasteiger partial charge in [-0.3, -0.25) is 0 Å². The summed E-state index contributed by atoms with van der Waals surface area (Å²) in [7, 11) is 0. The molecule has 0 spiro atoms. The summed E-state index contributed by atoms with van der Waals surface area (Å²) in [4.78, 5) is 0. The minimum atomic E-state index is 0.264. The molecule has 1 aromatic rings. The largest absolute Gasteiger partial charge is 0.310 e. The Kier molecular flexibility index (Phi) is 3.34. The SMILES string of the molecule is CC(C)(C)c1ccc(CNC2CCC2)cc1. The van der Waals surface area contributed by atoms with Gasteiger partial charge in [0, 0.05) is 12.6 Å². The standard InChI is InChI=1S/C15H23N/c1-15(2,3)13-9-7-12(8-10-13)11-16-14-5-4-6-14/h7-10,14,16H,4-6,11H2,1-3H3. The van der Waals surface area contributed by atoms with E-state index in [4.69, 9.17) is 0 Å². The summed E-state index contributed by atoms with van der Waals surface area (Å²) in [5.74, 6) is 0. The molecule has 1 aliphatic rings. The van der Waals surface area contributed by atoms with Gasteiger partial charge in [-0.05, 0) is 29.4 Å². The maximum atomic E-state index is 3.59. The molecule has 1 N–H and O–H groups in total. The first-order valence-corrected chi connectivity index (χ1v) is 6.38. The summed E-state index contributed by atoms with van der Waals surface area (Å²) >= 11 is 0. The number of rotatable bonds is 3. The smallest absolute Gasteiger partial charge is 0.0208 e. The van der Waals surface area contributed by atoms with Crippen LogP contribution >= 0.6 is 0 Å². The zero-order chi connectivity index (χ0) is 11.6. The number of nitrogens with one attached hydrogen (secondary N) is 1. The zero-order valence-corrected chi connectivity index (χ0v) is 10.7. The van der Waals surface area contributed by atoms with Crippen LogP contribution < -0.4 is 5.32 Å². The molecule has 0 heterocycles. The molecule has 1 nitrogen and oxygen atoms in total. The van der Waals surface area contributed by atoms with Crippen molar-refractivity contribution in [3.63, 3.8) is 0 Å². The van der Waals surface area contributed by atoms with Crippen molar-refractivity contribution in [3.8, 4) is 0 Å². The van der Waals surface area contributed by atoms with Crippen LogP contribution in [0.5, 0.6) is 0 Å². The van der Waals surface area contributed by atoms with Crippen LogP contribution in [0.15, 0.2) is 24.3 Å². The highest BCUT2D eigenvalue weighted by Gasteiger charge is 2.16. The van der Waals surface area contributed by atoms with Crippen LogP contribution in [-0.2, 0) is 12.0 Å². The number of hydrogen-bond donors (Lipinski definition) is 1. The first-order chi connectivity index (χ1) is 7.55. The molecule has 0 saturated heterocycles. The molecule has 2 rings (SSSR count). The lowest BCUT2D eigenvalue weighted by molar-refractivity contribution is 0.338. The Balaban J connectivity index is 1.91. The molecule has 16 heavy (non-hydrogen) atoms. The summed E-state index contributed by atoms with van der Waals surface area (Å²) in [6.45, 7) is 7.80. The van der Waals surface area contributed by atoms with Crippen molar-refractivity contribution in [2.24, 2.45) is 0 Å². The molecule has 1 fully saturated rings. The van der Waals surface area contributed by atoms with E-state index < -0.39 is 0 Å². The van der Waals surface area contributed by atoms with Crippen molar-refractivity contribution in [1.82, 2.24) is 5.32 Å². The highest BCUT2D eigenvalue weighted by Crippen LogP contribution is 2.22.